The number of hydrogen-bond acceptors (Lipinski definition) is 5. The van der Waals surface area contributed by atoms with Crippen molar-refractivity contribution < 1.29 is 13.2 Å². The summed E-state index contributed by atoms with van der Waals surface area (Å²) in [5.41, 5.74) is 1.36. The number of hydrogen-bond donors (Lipinski definition) is 1. The molecule has 0 atom stereocenters. The summed E-state index contributed by atoms with van der Waals surface area (Å²) in [4.78, 5) is 18.5. The molecule has 0 spiro atoms. The number of carbonyl (C=O) groups excluding carboxylic acids is 1. The average Bonchev–Trinajstić information content (AvgIpc) is 3.11. The lowest BCUT2D eigenvalue weighted by Crippen LogP contribution is -2.38. The van der Waals surface area contributed by atoms with E-state index in [0.717, 1.165) is 12.1 Å². The SMILES string of the molecule is CS(=O)(=O)NCc1cn2c(n1)CN(C(=O)c1ccsc1)CC2. The van der Waals surface area contributed by atoms with E-state index in [1.54, 1.807) is 4.90 Å². The molecule has 2 aromatic rings. The van der Waals surface area contributed by atoms with E-state index in [0.29, 0.717) is 30.9 Å². The van der Waals surface area contributed by atoms with Gasteiger partial charge < -0.3 is 9.47 Å². The summed E-state index contributed by atoms with van der Waals surface area (Å²) >= 11 is 1.50. The fourth-order valence-electron chi connectivity index (χ4n) is 2.34. The van der Waals surface area contributed by atoms with Crippen LogP contribution < -0.4 is 4.72 Å². The Kier molecular flexibility index (Phi) is 4.02. The van der Waals surface area contributed by atoms with Crippen molar-refractivity contribution in [2.75, 3.05) is 12.8 Å². The van der Waals surface area contributed by atoms with Gasteiger partial charge in [-0.15, -0.1) is 0 Å². The van der Waals surface area contributed by atoms with Gasteiger partial charge in [0.25, 0.3) is 5.91 Å². The zero-order valence-electron chi connectivity index (χ0n) is 12.0. The van der Waals surface area contributed by atoms with Gasteiger partial charge in [0.05, 0.1) is 30.6 Å². The Morgan fingerprint density at radius 3 is 2.95 bits per heavy atom. The van der Waals surface area contributed by atoms with Crippen molar-refractivity contribution in [2.45, 2.75) is 19.6 Å². The summed E-state index contributed by atoms with van der Waals surface area (Å²) in [6.07, 6.45) is 2.95. The van der Waals surface area contributed by atoms with Crippen LogP contribution in [0.5, 0.6) is 0 Å². The molecule has 7 nitrogen and oxygen atoms in total. The third-order valence-electron chi connectivity index (χ3n) is 3.42. The van der Waals surface area contributed by atoms with E-state index in [-0.39, 0.29) is 12.5 Å². The van der Waals surface area contributed by atoms with Crippen molar-refractivity contribution in [1.29, 1.82) is 0 Å². The standard InChI is InChI=1S/C13H16N4O3S2/c1-22(19,20)14-6-11-7-16-3-4-17(8-12(16)15-11)13(18)10-2-5-21-9-10/h2,5,7,9,14H,3-4,6,8H2,1H3. The lowest BCUT2D eigenvalue weighted by Gasteiger charge is -2.27. The maximum atomic E-state index is 12.3. The Hall–Kier alpha value is -1.71. The van der Waals surface area contributed by atoms with Crippen molar-refractivity contribution in [3.05, 3.63) is 40.1 Å². The van der Waals surface area contributed by atoms with Crippen LogP contribution in [-0.2, 0) is 29.7 Å². The second-order valence-corrected chi connectivity index (χ2v) is 7.79. The molecular weight excluding hydrogens is 324 g/mol. The zero-order valence-corrected chi connectivity index (χ0v) is 13.7. The van der Waals surface area contributed by atoms with Crippen LogP contribution in [0.15, 0.2) is 23.0 Å². The summed E-state index contributed by atoms with van der Waals surface area (Å²) in [7, 11) is -3.24. The van der Waals surface area contributed by atoms with Gasteiger partial charge in [-0.25, -0.2) is 18.1 Å². The minimum absolute atomic E-state index is 0.00584. The van der Waals surface area contributed by atoms with E-state index in [1.165, 1.54) is 11.3 Å². The van der Waals surface area contributed by atoms with Crippen LogP contribution in [0, 0.1) is 0 Å². The number of nitrogens with zero attached hydrogens (tertiary/aromatic N) is 3. The molecule has 3 rings (SSSR count). The van der Waals surface area contributed by atoms with Crippen molar-refractivity contribution >= 4 is 27.3 Å². The third kappa shape index (κ3) is 3.37. The molecule has 0 unspecified atom stereocenters. The Morgan fingerprint density at radius 1 is 1.45 bits per heavy atom. The van der Waals surface area contributed by atoms with Crippen LogP contribution in [0.25, 0.3) is 0 Å². The van der Waals surface area contributed by atoms with Crippen LogP contribution in [0.4, 0.5) is 0 Å². The fraction of sp³-hybridized carbons (Fsp3) is 0.385. The molecule has 0 bridgehead atoms. The minimum atomic E-state index is -3.24. The van der Waals surface area contributed by atoms with Gasteiger partial charge in [0.1, 0.15) is 5.82 Å². The first-order valence-electron chi connectivity index (χ1n) is 6.73. The second kappa shape index (κ2) is 5.82. The first kappa shape index (κ1) is 15.2. The predicted octanol–water partition coefficient (Wildman–Crippen LogP) is 0.650. The van der Waals surface area contributed by atoms with Crippen LogP contribution in [0.2, 0.25) is 0 Å². The van der Waals surface area contributed by atoms with Gasteiger partial charge in [-0.2, -0.15) is 11.3 Å². The van der Waals surface area contributed by atoms with Crippen LogP contribution >= 0.6 is 11.3 Å². The molecule has 1 aliphatic rings. The quantitative estimate of drug-likeness (QED) is 0.886. The second-order valence-electron chi connectivity index (χ2n) is 5.17. The summed E-state index contributed by atoms with van der Waals surface area (Å²) in [5.74, 6) is 0.784. The number of fused-ring (bicyclic) bond motifs is 1. The highest BCUT2D eigenvalue weighted by Crippen LogP contribution is 2.17. The van der Waals surface area contributed by atoms with E-state index in [4.69, 9.17) is 0 Å². The van der Waals surface area contributed by atoms with Gasteiger partial charge in [-0.3, -0.25) is 4.79 Å². The van der Waals surface area contributed by atoms with Gasteiger partial charge in [0.2, 0.25) is 10.0 Å². The molecule has 1 aliphatic heterocycles. The highest BCUT2D eigenvalue weighted by Gasteiger charge is 2.23. The average molecular weight is 340 g/mol. The number of imidazole rings is 1. The number of rotatable bonds is 4. The molecule has 3 heterocycles. The van der Waals surface area contributed by atoms with Crippen molar-refractivity contribution in [3.63, 3.8) is 0 Å². The smallest absolute Gasteiger partial charge is 0.255 e. The van der Waals surface area contributed by atoms with E-state index < -0.39 is 10.0 Å². The first-order chi connectivity index (χ1) is 10.4. The van der Waals surface area contributed by atoms with Gasteiger partial charge in [-0.1, -0.05) is 0 Å². The van der Waals surface area contributed by atoms with E-state index in [2.05, 4.69) is 9.71 Å². The van der Waals surface area contributed by atoms with Gasteiger partial charge in [-0.05, 0) is 11.4 Å². The summed E-state index contributed by atoms with van der Waals surface area (Å²) in [5, 5.41) is 3.72. The molecule has 0 fully saturated rings. The van der Waals surface area contributed by atoms with Crippen molar-refractivity contribution in [3.8, 4) is 0 Å². The predicted molar refractivity (Wildman–Crippen MR) is 83.0 cm³/mol. The monoisotopic (exact) mass is 340 g/mol. The Morgan fingerprint density at radius 2 is 2.27 bits per heavy atom. The number of nitrogens with one attached hydrogen (secondary N) is 1. The maximum absolute atomic E-state index is 12.3. The maximum Gasteiger partial charge on any atom is 0.255 e. The molecule has 1 N–H and O–H groups in total. The molecule has 0 aliphatic carbocycles. The summed E-state index contributed by atoms with van der Waals surface area (Å²) in [6.45, 7) is 1.89. The highest BCUT2D eigenvalue weighted by atomic mass is 32.2. The number of carbonyl (C=O) groups is 1. The molecule has 2 aromatic heterocycles. The van der Waals surface area contributed by atoms with Gasteiger partial charge in [0, 0.05) is 24.7 Å². The normalized spacial score (nSPS) is 14.9. The molecule has 9 heteroatoms. The minimum Gasteiger partial charge on any atom is -0.331 e. The molecular formula is C13H16N4O3S2. The Labute approximate surface area is 132 Å². The molecule has 0 aromatic carbocycles. The number of amides is 1. The summed E-state index contributed by atoms with van der Waals surface area (Å²) in [6, 6.07) is 1.82. The molecule has 118 valence electrons. The number of aromatic nitrogens is 2. The van der Waals surface area contributed by atoms with Gasteiger partial charge in [0.15, 0.2) is 0 Å². The van der Waals surface area contributed by atoms with Crippen molar-refractivity contribution in [1.82, 2.24) is 19.2 Å². The lowest BCUT2D eigenvalue weighted by molar-refractivity contribution is 0.0708. The van der Waals surface area contributed by atoms with Crippen LogP contribution in [-0.4, -0.2) is 41.6 Å². The third-order valence-corrected chi connectivity index (χ3v) is 4.77. The molecule has 1 amide bonds. The van der Waals surface area contributed by atoms with E-state index in [9.17, 15) is 13.2 Å². The molecule has 0 radical (unpaired) electrons. The number of sulfonamides is 1. The highest BCUT2D eigenvalue weighted by molar-refractivity contribution is 7.88. The molecule has 0 saturated heterocycles. The first-order valence-corrected chi connectivity index (χ1v) is 9.57. The number of thiophene rings is 1. The summed E-state index contributed by atoms with van der Waals surface area (Å²) < 4.78 is 26.6. The fourth-order valence-corrected chi connectivity index (χ4v) is 3.38. The molecule has 0 saturated carbocycles. The molecule has 22 heavy (non-hydrogen) atoms. The van der Waals surface area contributed by atoms with E-state index >= 15 is 0 Å². The topological polar surface area (TPSA) is 84.3 Å². The largest absolute Gasteiger partial charge is 0.331 e. The van der Waals surface area contributed by atoms with Crippen LogP contribution in [0.3, 0.4) is 0 Å². The Balaban J connectivity index is 1.71. The van der Waals surface area contributed by atoms with E-state index in [1.807, 2.05) is 27.6 Å². The lowest BCUT2D eigenvalue weighted by atomic mass is 10.2. The zero-order chi connectivity index (χ0) is 15.7. The van der Waals surface area contributed by atoms with Gasteiger partial charge >= 0.3 is 0 Å². The van der Waals surface area contributed by atoms with Crippen LogP contribution in [0.1, 0.15) is 21.9 Å². The van der Waals surface area contributed by atoms with Crippen molar-refractivity contribution in [2.24, 2.45) is 0 Å². The Bertz CT molecular complexity index is 780.